The van der Waals surface area contributed by atoms with Gasteiger partial charge in [0.2, 0.25) is 5.91 Å². The van der Waals surface area contributed by atoms with Crippen LogP contribution < -0.4 is 10.6 Å². The van der Waals surface area contributed by atoms with Crippen molar-refractivity contribution in [3.05, 3.63) is 29.8 Å². The van der Waals surface area contributed by atoms with Gasteiger partial charge in [0.1, 0.15) is 6.04 Å². The van der Waals surface area contributed by atoms with Crippen molar-refractivity contribution in [3.63, 3.8) is 0 Å². The molecule has 1 aromatic carbocycles. The predicted octanol–water partition coefficient (Wildman–Crippen LogP) is 1.54. The molecule has 0 bridgehead atoms. The first kappa shape index (κ1) is 15.0. The summed E-state index contributed by atoms with van der Waals surface area (Å²) < 4.78 is 0. The van der Waals surface area contributed by atoms with Crippen LogP contribution in [-0.4, -0.2) is 29.6 Å². The van der Waals surface area contributed by atoms with Crippen molar-refractivity contribution < 1.29 is 14.7 Å². The van der Waals surface area contributed by atoms with Crippen molar-refractivity contribution in [2.75, 3.05) is 11.4 Å². The van der Waals surface area contributed by atoms with Crippen molar-refractivity contribution in [1.29, 1.82) is 0 Å². The molecule has 1 rings (SSSR count). The Labute approximate surface area is 113 Å². The number of benzene rings is 1. The van der Waals surface area contributed by atoms with Crippen LogP contribution in [-0.2, 0) is 9.59 Å². The smallest absolute Gasteiger partial charge is 0.305 e. The van der Waals surface area contributed by atoms with Gasteiger partial charge in [-0.1, -0.05) is 25.1 Å². The molecule has 0 aliphatic heterocycles. The SMILES string of the molecule is CCC(C(N)=O)N(CCC(=O)O)c1ccccc1C. The lowest BCUT2D eigenvalue weighted by Crippen LogP contribution is -2.45. The van der Waals surface area contributed by atoms with Crippen molar-refractivity contribution in [2.24, 2.45) is 5.73 Å². The third-order valence-corrected chi connectivity index (χ3v) is 3.08. The third kappa shape index (κ3) is 3.98. The van der Waals surface area contributed by atoms with Crippen LogP contribution in [0, 0.1) is 6.92 Å². The van der Waals surface area contributed by atoms with Crippen molar-refractivity contribution in [3.8, 4) is 0 Å². The van der Waals surface area contributed by atoms with Gasteiger partial charge in [0.15, 0.2) is 0 Å². The van der Waals surface area contributed by atoms with Crippen LogP contribution >= 0.6 is 0 Å². The van der Waals surface area contributed by atoms with Gasteiger partial charge in [-0.2, -0.15) is 0 Å². The van der Waals surface area contributed by atoms with E-state index in [1.165, 1.54) is 0 Å². The first-order valence-corrected chi connectivity index (χ1v) is 6.30. The Balaban J connectivity index is 3.07. The number of hydrogen-bond donors (Lipinski definition) is 2. The fourth-order valence-corrected chi connectivity index (χ4v) is 2.12. The topological polar surface area (TPSA) is 83.6 Å². The van der Waals surface area contributed by atoms with Crippen LogP contribution in [0.5, 0.6) is 0 Å². The maximum atomic E-state index is 11.5. The standard InChI is InChI=1S/C14H20N2O3/c1-3-11(14(15)19)16(9-8-13(17)18)12-7-5-4-6-10(12)2/h4-7,11H,3,8-9H2,1-2H3,(H2,15,19)(H,17,18). The van der Waals surface area contributed by atoms with E-state index in [0.717, 1.165) is 11.3 Å². The minimum Gasteiger partial charge on any atom is -0.481 e. The highest BCUT2D eigenvalue weighted by atomic mass is 16.4. The lowest BCUT2D eigenvalue weighted by atomic mass is 10.1. The molecule has 1 unspecified atom stereocenters. The van der Waals surface area contributed by atoms with E-state index < -0.39 is 17.9 Å². The number of carboxylic acids is 1. The van der Waals surface area contributed by atoms with Gasteiger partial charge >= 0.3 is 5.97 Å². The predicted molar refractivity (Wildman–Crippen MR) is 74.1 cm³/mol. The quantitative estimate of drug-likeness (QED) is 0.782. The average molecular weight is 264 g/mol. The number of nitrogens with two attached hydrogens (primary N) is 1. The molecule has 0 fully saturated rings. The highest BCUT2D eigenvalue weighted by Gasteiger charge is 2.23. The molecular formula is C14H20N2O3. The second-order valence-corrected chi connectivity index (χ2v) is 4.45. The van der Waals surface area contributed by atoms with Crippen LogP contribution in [0.15, 0.2) is 24.3 Å². The molecule has 0 radical (unpaired) electrons. The maximum absolute atomic E-state index is 11.5. The van der Waals surface area contributed by atoms with Crippen molar-refractivity contribution >= 4 is 17.6 Å². The fraction of sp³-hybridized carbons (Fsp3) is 0.429. The van der Waals surface area contributed by atoms with Crippen LogP contribution in [0.3, 0.4) is 0 Å². The van der Waals surface area contributed by atoms with E-state index in [0.29, 0.717) is 6.42 Å². The number of carbonyl (C=O) groups excluding carboxylic acids is 1. The Morgan fingerprint density at radius 1 is 1.37 bits per heavy atom. The normalized spacial score (nSPS) is 11.9. The largest absolute Gasteiger partial charge is 0.481 e. The zero-order chi connectivity index (χ0) is 14.4. The minimum atomic E-state index is -0.891. The molecule has 1 amide bonds. The molecule has 0 aromatic heterocycles. The number of nitrogens with zero attached hydrogens (tertiary/aromatic N) is 1. The van der Waals surface area contributed by atoms with Crippen molar-refractivity contribution in [1.82, 2.24) is 0 Å². The number of carbonyl (C=O) groups is 2. The number of para-hydroxylation sites is 1. The Bertz CT molecular complexity index is 460. The number of carboxylic acid groups (broad SMARTS) is 1. The lowest BCUT2D eigenvalue weighted by Gasteiger charge is -2.32. The molecule has 0 saturated carbocycles. The van der Waals surface area contributed by atoms with Crippen LogP contribution in [0.4, 0.5) is 5.69 Å². The van der Waals surface area contributed by atoms with E-state index in [9.17, 15) is 9.59 Å². The Morgan fingerprint density at radius 3 is 2.47 bits per heavy atom. The number of primary amides is 1. The highest BCUT2D eigenvalue weighted by Crippen LogP contribution is 2.23. The summed E-state index contributed by atoms with van der Waals surface area (Å²) in [5, 5.41) is 8.83. The molecule has 0 heterocycles. The van der Waals surface area contributed by atoms with Crippen molar-refractivity contribution in [2.45, 2.75) is 32.7 Å². The van der Waals surface area contributed by atoms with Gasteiger partial charge in [0.25, 0.3) is 0 Å². The number of rotatable bonds is 7. The number of aliphatic carboxylic acids is 1. The second kappa shape index (κ2) is 6.78. The molecule has 104 valence electrons. The van der Waals surface area contributed by atoms with Gasteiger partial charge < -0.3 is 15.7 Å². The van der Waals surface area contributed by atoms with E-state index in [4.69, 9.17) is 10.8 Å². The fourth-order valence-electron chi connectivity index (χ4n) is 2.12. The molecule has 19 heavy (non-hydrogen) atoms. The van der Waals surface area contributed by atoms with Crippen LogP contribution in [0.2, 0.25) is 0 Å². The molecule has 0 spiro atoms. The highest BCUT2D eigenvalue weighted by molar-refractivity contribution is 5.84. The molecule has 0 saturated heterocycles. The monoisotopic (exact) mass is 264 g/mol. The maximum Gasteiger partial charge on any atom is 0.305 e. The van der Waals surface area contributed by atoms with Crippen LogP contribution in [0.1, 0.15) is 25.3 Å². The zero-order valence-corrected chi connectivity index (χ0v) is 11.3. The Kier molecular flexibility index (Phi) is 5.36. The molecule has 5 heteroatoms. The number of aryl methyl sites for hydroxylation is 1. The summed E-state index contributed by atoms with van der Waals surface area (Å²) in [7, 11) is 0. The zero-order valence-electron chi connectivity index (χ0n) is 11.3. The summed E-state index contributed by atoms with van der Waals surface area (Å²) in [5.41, 5.74) is 7.26. The number of anilines is 1. The summed E-state index contributed by atoms with van der Waals surface area (Å²) in [4.78, 5) is 24.1. The molecule has 0 aliphatic rings. The summed E-state index contributed by atoms with van der Waals surface area (Å²) in [5.74, 6) is -1.32. The lowest BCUT2D eigenvalue weighted by molar-refractivity contribution is -0.137. The van der Waals surface area contributed by atoms with Gasteiger partial charge in [-0.3, -0.25) is 9.59 Å². The number of hydrogen-bond acceptors (Lipinski definition) is 3. The average Bonchev–Trinajstić information content (AvgIpc) is 2.34. The van der Waals surface area contributed by atoms with E-state index in [2.05, 4.69) is 0 Å². The molecule has 5 nitrogen and oxygen atoms in total. The summed E-state index contributed by atoms with van der Waals surface area (Å²) in [6, 6.07) is 7.09. The first-order chi connectivity index (χ1) is 8.97. The van der Waals surface area contributed by atoms with E-state index in [1.54, 1.807) is 4.90 Å². The second-order valence-electron chi connectivity index (χ2n) is 4.45. The van der Waals surface area contributed by atoms with Gasteiger partial charge in [0, 0.05) is 12.2 Å². The van der Waals surface area contributed by atoms with E-state index in [-0.39, 0.29) is 13.0 Å². The van der Waals surface area contributed by atoms with Gasteiger partial charge in [-0.25, -0.2) is 0 Å². The molecule has 1 aromatic rings. The minimum absolute atomic E-state index is 0.0296. The van der Waals surface area contributed by atoms with E-state index in [1.807, 2.05) is 38.1 Å². The first-order valence-electron chi connectivity index (χ1n) is 6.30. The van der Waals surface area contributed by atoms with Crippen LogP contribution in [0.25, 0.3) is 0 Å². The Morgan fingerprint density at radius 2 is 2.00 bits per heavy atom. The van der Waals surface area contributed by atoms with Gasteiger partial charge in [-0.05, 0) is 25.0 Å². The molecule has 0 aliphatic carbocycles. The Hall–Kier alpha value is -2.04. The van der Waals surface area contributed by atoms with E-state index >= 15 is 0 Å². The molecule has 1 atom stereocenters. The summed E-state index contributed by atoms with van der Waals surface area (Å²) in [6.45, 7) is 4.06. The summed E-state index contributed by atoms with van der Waals surface area (Å²) >= 11 is 0. The number of amides is 1. The third-order valence-electron chi connectivity index (χ3n) is 3.08. The summed E-state index contributed by atoms with van der Waals surface area (Å²) in [6.07, 6.45) is 0.515. The van der Waals surface area contributed by atoms with Gasteiger partial charge in [-0.15, -0.1) is 0 Å². The molecular weight excluding hydrogens is 244 g/mol. The van der Waals surface area contributed by atoms with Gasteiger partial charge in [0.05, 0.1) is 6.42 Å². The molecule has 3 N–H and O–H groups in total.